The second-order valence-electron chi connectivity index (χ2n) is 3.35. The lowest BCUT2D eigenvalue weighted by Gasteiger charge is -2.06. The fraction of sp³-hybridized carbons (Fsp3) is 0.444. The molecule has 0 bridgehead atoms. The van der Waals surface area contributed by atoms with Gasteiger partial charge in [0.1, 0.15) is 5.25 Å². The minimum atomic E-state index is -3.27. The Kier molecular flexibility index (Phi) is 4.08. The van der Waals surface area contributed by atoms with Crippen molar-refractivity contribution in [1.82, 2.24) is 0 Å². The van der Waals surface area contributed by atoms with Crippen LogP contribution < -0.4 is 0 Å². The molecule has 0 aromatic carbocycles. The van der Waals surface area contributed by atoms with E-state index < -0.39 is 15.1 Å². The Bertz CT molecular complexity index is 461. The molecule has 1 atom stereocenters. The summed E-state index contributed by atoms with van der Waals surface area (Å²) in [4.78, 5) is 12.5. The maximum absolute atomic E-state index is 11.6. The van der Waals surface area contributed by atoms with Crippen molar-refractivity contribution < 1.29 is 13.2 Å². The van der Waals surface area contributed by atoms with E-state index in [1.807, 2.05) is 11.4 Å². The van der Waals surface area contributed by atoms with Crippen LogP contribution in [-0.4, -0.2) is 25.7 Å². The summed E-state index contributed by atoms with van der Waals surface area (Å²) in [5.74, 6) is -0.258. The highest BCUT2D eigenvalue weighted by Gasteiger charge is 2.23. The van der Waals surface area contributed by atoms with E-state index in [1.165, 1.54) is 18.3 Å². The van der Waals surface area contributed by atoms with Crippen molar-refractivity contribution in [1.29, 1.82) is 0 Å². The molecular weight excluding hydrogens is 300 g/mol. The summed E-state index contributed by atoms with van der Waals surface area (Å²) in [6.45, 7) is 1.43. The van der Waals surface area contributed by atoms with E-state index in [0.717, 1.165) is 15.6 Å². The molecular formula is C9H11BrO3S2. The molecule has 0 saturated carbocycles. The number of ketones is 1. The maximum Gasteiger partial charge on any atom is 0.157 e. The van der Waals surface area contributed by atoms with Crippen LogP contribution in [0.1, 0.15) is 11.8 Å². The summed E-state index contributed by atoms with van der Waals surface area (Å²) < 4.78 is 23.2. The second-order valence-corrected chi connectivity index (χ2v) is 7.62. The Labute approximate surface area is 102 Å². The van der Waals surface area contributed by atoms with Gasteiger partial charge in [0, 0.05) is 27.4 Å². The SMILES string of the molecule is CC(C(=O)Cc1cc(Br)cs1)S(C)(=O)=O. The highest BCUT2D eigenvalue weighted by molar-refractivity contribution is 9.10. The highest BCUT2D eigenvalue weighted by atomic mass is 79.9. The standard InChI is InChI=1S/C9H11BrO3S2/c1-6(15(2,12)13)9(11)4-8-3-7(10)5-14-8/h3,5-6H,4H2,1-2H3. The van der Waals surface area contributed by atoms with E-state index in [-0.39, 0.29) is 12.2 Å². The third-order valence-electron chi connectivity index (χ3n) is 2.07. The van der Waals surface area contributed by atoms with Crippen LogP contribution in [0.4, 0.5) is 0 Å². The lowest BCUT2D eigenvalue weighted by Crippen LogP contribution is -2.27. The molecule has 0 aliphatic heterocycles. The topological polar surface area (TPSA) is 51.2 Å². The molecule has 0 amide bonds. The number of Topliss-reactive ketones (excluding diaryl/α,β-unsaturated/α-hetero) is 1. The molecule has 0 N–H and O–H groups in total. The van der Waals surface area contributed by atoms with Crippen molar-refractivity contribution in [3.8, 4) is 0 Å². The van der Waals surface area contributed by atoms with Crippen molar-refractivity contribution >= 4 is 42.9 Å². The van der Waals surface area contributed by atoms with E-state index >= 15 is 0 Å². The van der Waals surface area contributed by atoms with E-state index in [4.69, 9.17) is 0 Å². The zero-order valence-electron chi connectivity index (χ0n) is 8.36. The summed E-state index contributed by atoms with van der Waals surface area (Å²) >= 11 is 4.72. The molecule has 1 heterocycles. The molecule has 1 unspecified atom stereocenters. The van der Waals surface area contributed by atoms with Gasteiger partial charge in [-0.1, -0.05) is 0 Å². The Morgan fingerprint density at radius 3 is 2.60 bits per heavy atom. The molecule has 3 nitrogen and oxygen atoms in total. The molecule has 15 heavy (non-hydrogen) atoms. The molecule has 84 valence electrons. The summed E-state index contributed by atoms with van der Waals surface area (Å²) in [5.41, 5.74) is 0. The number of thiophene rings is 1. The van der Waals surface area contributed by atoms with E-state index in [1.54, 1.807) is 0 Å². The average molecular weight is 311 g/mol. The van der Waals surface area contributed by atoms with Crippen molar-refractivity contribution in [3.05, 3.63) is 20.8 Å². The number of hydrogen-bond acceptors (Lipinski definition) is 4. The normalized spacial score (nSPS) is 13.8. The maximum atomic E-state index is 11.6. The minimum absolute atomic E-state index is 0.185. The predicted molar refractivity (Wildman–Crippen MR) is 65.0 cm³/mol. The van der Waals surface area contributed by atoms with Gasteiger partial charge in [-0.25, -0.2) is 8.42 Å². The average Bonchev–Trinajstić information content (AvgIpc) is 2.48. The summed E-state index contributed by atoms with van der Waals surface area (Å²) in [6.07, 6.45) is 1.27. The largest absolute Gasteiger partial charge is 0.298 e. The van der Waals surface area contributed by atoms with Crippen LogP contribution in [-0.2, 0) is 21.1 Å². The van der Waals surface area contributed by atoms with Crippen molar-refractivity contribution in [2.24, 2.45) is 0 Å². The van der Waals surface area contributed by atoms with Gasteiger partial charge in [0.25, 0.3) is 0 Å². The van der Waals surface area contributed by atoms with Crippen LogP contribution >= 0.6 is 27.3 Å². The number of carbonyl (C=O) groups excluding carboxylic acids is 1. The van der Waals surface area contributed by atoms with Crippen LogP contribution in [0.15, 0.2) is 15.9 Å². The summed E-state index contributed by atoms with van der Waals surface area (Å²) in [6, 6.07) is 1.83. The lowest BCUT2D eigenvalue weighted by atomic mass is 10.2. The molecule has 1 aromatic rings. The van der Waals surface area contributed by atoms with Gasteiger partial charge in [-0.2, -0.15) is 0 Å². The van der Waals surface area contributed by atoms with Gasteiger partial charge >= 0.3 is 0 Å². The smallest absolute Gasteiger partial charge is 0.157 e. The van der Waals surface area contributed by atoms with Crippen LogP contribution in [0.2, 0.25) is 0 Å². The Morgan fingerprint density at radius 1 is 1.60 bits per heavy atom. The lowest BCUT2D eigenvalue weighted by molar-refractivity contribution is -0.117. The molecule has 0 fully saturated rings. The van der Waals surface area contributed by atoms with Gasteiger partial charge in [-0.05, 0) is 28.9 Å². The molecule has 0 aliphatic rings. The number of rotatable bonds is 4. The molecule has 0 radical (unpaired) electrons. The van der Waals surface area contributed by atoms with Gasteiger partial charge in [0.2, 0.25) is 0 Å². The molecule has 0 aliphatic carbocycles. The fourth-order valence-corrected chi connectivity index (χ4v) is 3.02. The number of hydrogen-bond donors (Lipinski definition) is 0. The van der Waals surface area contributed by atoms with Crippen molar-refractivity contribution in [3.63, 3.8) is 0 Å². The van der Waals surface area contributed by atoms with Crippen molar-refractivity contribution in [2.75, 3.05) is 6.26 Å². The van der Waals surface area contributed by atoms with Gasteiger partial charge < -0.3 is 0 Å². The van der Waals surface area contributed by atoms with Crippen LogP contribution in [0, 0.1) is 0 Å². The Morgan fingerprint density at radius 2 is 2.20 bits per heavy atom. The monoisotopic (exact) mass is 310 g/mol. The number of sulfone groups is 1. The van der Waals surface area contributed by atoms with E-state index in [0.29, 0.717) is 0 Å². The van der Waals surface area contributed by atoms with Gasteiger partial charge in [-0.3, -0.25) is 4.79 Å². The Balaban J connectivity index is 2.72. The first-order valence-corrected chi connectivity index (χ1v) is 7.88. The first kappa shape index (κ1) is 12.9. The summed E-state index contributed by atoms with van der Waals surface area (Å²) in [5, 5.41) is 0.951. The van der Waals surface area contributed by atoms with E-state index in [9.17, 15) is 13.2 Å². The zero-order valence-corrected chi connectivity index (χ0v) is 11.6. The van der Waals surface area contributed by atoms with Gasteiger partial charge in [-0.15, -0.1) is 11.3 Å². The minimum Gasteiger partial charge on any atom is -0.298 e. The third-order valence-corrected chi connectivity index (χ3v) is 5.31. The molecule has 1 aromatic heterocycles. The van der Waals surface area contributed by atoms with Gasteiger partial charge in [0.15, 0.2) is 15.6 Å². The fourth-order valence-electron chi connectivity index (χ4n) is 1.00. The van der Waals surface area contributed by atoms with Crippen LogP contribution in [0.25, 0.3) is 0 Å². The number of halogens is 1. The molecule has 0 spiro atoms. The first-order valence-electron chi connectivity index (χ1n) is 4.25. The van der Waals surface area contributed by atoms with Gasteiger partial charge in [0.05, 0.1) is 0 Å². The Hall–Kier alpha value is -0.200. The zero-order chi connectivity index (χ0) is 11.6. The molecule has 1 rings (SSSR count). The summed E-state index contributed by atoms with van der Waals surface area (Å²) in [7, 11) is -3.27. The van der Waals surface area contributed by atoms with Crippen molar-refractivity contribution in [2.45, 2.75) is 18.6 Å². The third kappa shape index (κ3) is 3.70. The number of carbonyl (C=O) groups is 1. The van der Waals surface area contributed by atoms with E-state index in [2.05, 4.69) is 15.9 Å². The highest BCUT2D eigenvalue weighted by Crippen LogP contribution is 2.21. The molecule has 6 heteroatoms. The van der Waals surface area contributed by atoms with Crippen LogP contribution in [0.5, 0.6) is 0 Å². The predicted octanol–water partition coefficient (Wildman–Crippen LogP) is 2.06. The van der Waals surface area contributed by atoms with Crippen LogP contribution in [0.3, 0.4) is 0 Å². The second kappa shape index (κ2) is 4.76. The quantitative estimate of drug-likeness (QED) is 0.855. The first-order chi connectivity index (χ1) is 6.80. The molecule has 0 saturated heterocycles.